The maximum atomic E-state index is 4.49. The van der Waals surface area contributed by atoms with Crippen molar-refractivity contribution in [3.8, 4) is 0 Å². The van der Waals surface area contributed by atoms with Crippen LogP contribution >= 0.6 is 0 Å². The number of imidazole rings is 1. The molecule has 3 heteroatoms. The van der Waals surface area contributed by atoms with E-state index in [4.69, 9.17) is 0 Å². The highest BCUT2D eigenvalue weighted by Gasteiger charge is 2.09. The maximum Gasteiger partial charge on any atom is 0.0958 e. The van der Waals surface area contributed by atoms with Gasteiger partial charge in [0.2, 0.25) is 0 Å². The summed E-state index contributed by atoms with van der Waals surface area (Å²) >= 11 is 0. The number of hydrogen-bond donors (Lipinski definition) is 0. The third-order valence-corrected chi connectivity index (χ3v) is 4.99. The molecule has 0 amide bonds. The van der Waals surface area contributed by atoms with Crippen LogP contribution in [0.3, 0.4) is 0 Å². The lowest BCUT2D eigenvalue weighted by atomic mass is 10.2. The SMILES string of the molecule is c1ccc2c(c1)ncn2CCCn1c2ccccc2c2ccccc21. The molecule has 0 aliphatic rings. The predicted octanol–water partition coefficient (Wildman–Crippen LogP) is 5.23. The maximum absolute atomic E-state index is 4.49. The third kappa shape index (κ3) is 2.31. The van der Waals surface area contributed by atoms with E-state index in [1.54, 1.807) is 0 Å². The van der Waals surface area contributed by atoms with Crippen LogP contribution in [0.5, 0.6) is 0 Å². The highest BCUT2D eigenvalue weighted by molar-refractivity contribution is 6.07. The summed E-state index contributed by atoms with van der Waals surface area (Å²) in [5.41, 5.74) is 4.92. The van der Waals surface area contributed by atoms with Gasteiger partial charge in [-0.1, -0.05) is 48.5 Å². The number of nitrogens with zero attached hydrogens (tertiary/aromatic N) is 3. The number of aromatic nitrogens is 3. The molecule has 0 radical (unpaired) electrons. The van der Waals surface area contributed by atoms with Gasteiger partial charge in [0.1, 0.15) is 0 Å². The lowest BCUT2D eigenvalue weighted by Crippen LogP contribution is -2.03. The predicted molar refractivity (Wildman–Crippen MR) is 104 cm³/mol. The lowest BCUT2D eigenvalue weighted by Gasteiger charge is -2.09. The number of para-hydroxylation sites is 4. The quantitative estimate of drug-likeness (QED) is 0.443. The Morgan fingerprint density at radius 3 is 1.96 bits per heavy atom. The average molecular weight is 325 g/mol. The molecule has 2 aromatic heterocycles. The van der Waals surface area contributed by atoms with E-state index in [9.17, 15) is 0 Å². The average Bonchev–Trinajstić information content (AvgIpc) is 3.22. The molecule has 122 valence electrons. The van der Waals surface area contributed by atoms with E-state index in [2.05, 4.69) is 80.8 Å². The highest BCUT2D eigenvalue weighted by atomic mass is 15.0. The minimum Gasteiger partial charge on any atom is -0.340 e. The van der Waals surface area contributed by atoms with Crippen LogP contribution in [0.1, 0.15) is 6.42 Å². The molecule has 5 aromatic rings. The van der Waals surface area contributed by atoms with Crippen LogP contribution in [0.4, 0.5) is 0 Å². The molecule has 25 heavy (non-hydrogen) atoms. The number of fused-ring (bicyclic) bond motifs is 4. The number of rotatable bonds is 4. The standard InChI is InChI=1S/C22H19N3/c1-4-11-20-17(8-1)18-9-2-5-12-21(18)25(20)15-7-14-24-16-23-19-10-3-6-13-22(19)24/h1-6,8-13,16H,7,14-15H2. The van der Waals surface area contributed by atoms with Crippen molar-refractivity contribution in [2.75, 3.05) is 0 Å². The van der Waals surface area contributed by atoms with Crippen molar-refractivity contribution in [2.24, 2.45) is 0 Å². The van der Waals surface area contributed by atoms with Gasteiger partial charge in [0, 0.05) is 34.9 Å². The molecule has 0 saturated heterocycles. The zero-order valence-electron chi connectivity index (χ0n) is 14.0. The minimum atomic E-state index is 0.974. The summed E-state index contributed by atoms with van der Waals surface area (Å²) in [6.45, 7) is 1.97. The minimum absolute atomic E-state index is 0.974. The first-order valence-electron chi connectivity index (χ1n) is 8.78. The Hall–Kier alpha value is -3.07. The molecule has 0 unspecified atom stereocenters. The summed E-state index contributed by atoms with van der Waals surface area (Å²) in [5.74, 6) is 0. The van der Waals surface area contributed by atoms with E-state index >= 15 is 0 Å². The summed E-state index contributed by atoms with van der Waals surface area (Å²) in [6.07, 6.45) is 3.03. The van der Waals surface area contributed by atoms with Crippen LogP contribution < -0.4 is 0 Å². The van der Waals surface area contributed by atoms with Crippen molar-refractivity contribution in [3.05, 3.63) is 79.1 Å². The van der Waals surface area contributed by atoms with Crippen LogP contribution in [-0.4, -0.2) is 14.1 Å². The number of hydrogen-bond acceptors (Lipinski definition) is 1. The Morgan fingerprint density at radius 1 is 0.640 bits per heavy atom. The van der Waals surface area contributed by atoms with E-state index < -0.39 is 0 Å². The molecule has 5 rings (SSSR count). The molecule has 2 heterocycles. The van der Waals surface area contributed by atoms with E-state index in [0.29, 0.717) is 0 Å². The molecular weight excluding hydrogens is 306 g/mol. The van der Waals surface area contributed by atoms with Gasteiger partial charge in [0.05, 0.1) is 17.4 Å². The molecule has 0 aliphatic heterocycles. The summed E-state index contributed by atoms with van der Waals surface area (Å²) in [5, 5.41) is 2.68. The fraction of sp³-hybridized carbons (Fsp3) is 0.136. The second-order valence-corrected chi connectivity index (χ2v) is 6.47. The summed E-state index contributed by atoms with van der Waals surface area (Å²) < 4.78 is 4.70. The number of benzene rings is 3. The highest BCUT2D eigenvalue weighted by Crippen LogP contribution is 2.28. The van der Waals surface area contributed by atoms with Gasteiger partial charge in [0.15, 0.2) is 0 Å². The van der Waals surface area contributed by atoms with Gasteiger partial charge in [-0.15, -0.1) is 0 Å². The van der Waals surface area contributed by atoms with Crippen molar-refractivity contribution in [3.63, 3.8) is 0 Å². The fourth-order valence-electron chi connectivity index (χ4n) is 3.83. The van der Waals surface area contributed by atoms with Gasteiger partial charge in [-0.25, -0.2) is 4.98 Å². The van der Waals surface area contributed by atoms with Crippen molar-refractivity contribution >= 4 is 32.8 Å². The summed E-state index contributed by atoms with van der Waals surface area (Å²) in [7, 11) is 0. The van der Waals surface area contributed by atoms with Gasteiger partial charge in [-0.05, 0) is 30.7 Å². The fourth-order valence-corrected chi connectivity index (χ4v) is 3.83. The Morgan fingerprint density at radius 2 is 1.24 bits per heavy atom. The third-order valence-electron chi connectivity index (χ3n) is 4.99. The zero-order chi connectivity index (χ0) is 16.6. The first kappa shape index (κ1) is 14.3. The first-order chi connectivity index (χ1) is 12.4. The normalized spacial score (nSPS) is 11.7. The van der Waals surface area contributed by atoms with Crippen molar-refractivity contribution in [2.45, 2.75) is 19.5 Å². The smallest absolute Gasteiger partial charge is 0.0958 e. The summed E-state index contributed by atoms with van der Waals surface area (Å²) in [4.78, 5) is 4.49. The van der Waals surface area contributed by atoms with Gasteiger partial charge < -0.3 is 9.13 Å². The molecule has 3 nitrogen and oxygen atoms in total. The van der Waals surface area contributed by atoms with Gasteiger partial charge >= 0.3 is 0 Å². The van der Waals surface area contributed by atoms with Gasteiger partial charge in [0.25, 0.3) is 0 Å². The Kier molecular flexibility index (Phi) is 3.30. The Labute approximate surface area is 146 Å². The topological polar surface area (TPSA) is 22.8 Å². The Balaban J connectivity index is 1.47. The molecule has 0 saturated carbocycles. The molecular formula is C22H19N3. The first-order valence-corrected chi connectivity index (χ1v) is 8.78. The second-order valence-electron chi connectivity index (χ2n) is 6.47. The van der Waals surface area contributed by atoms with Crippen LogP contribution in [0.2, 0.25) is 0 Å². The van der Waals surface area contributed by atoms with Gasteiger partial charge in [-0.2, -0.15) is 0 Å². The van der Waals surface area contributed by atoms with E-state index in [1.807, 2.05) is 12.4 Å². The van der Waals surface area contributed by atoms with Crippen LogP contribution in [-0.2, 0) is 13.1 Å². The van der Waals surface area contributed by atoms with Crippen molar-refractivity contribution in [1.82, 2.24) is 14.1 Å². The zero-order valence-corrected chi connectivity index (χ0v) is 14.0. The monoisotopic (exact) mass is 325 g/mol. The summed E-state index contributed by atoms with van der Waals surface area (Å²) in [6, 6.07) is 25.7. The Bertz CT molecular complexity index is 1130. The van der Waals surface area contributed by atoms with Crippen molar-refractivity contribution < 1.29 is 0 Å². The lowest BCUT2D eigenvalue weighted by molar-refractivity contribution is 0.591. The molecule has 0 fully saturated rings. The van der Waals surface area contributed by atoms with Crippen LogP contribution in [0, 0.1) is 0 Å². The van der Waals surface area contributed by atoms with Crippen LogP contribution in [0.15, 0.2) is 79.1 Å². The van der Waals surface area contributed by atoms with Crippen LogP contribution in [0.25, 0.3) is 32.8 Å². The van der Waals surface area contributed by atoms with Gasteiger partial charge in [-0.3, -0.25) is 0 Å². The van der Waals surface area contributed by atoms with E-state index in [0.717, 1.165) is 25.0 Å². The van der Waals surface area contributed by atoms with E-state index in [-0.39, 0.29) is 0 Å². The molecule has 0 spiro atoms. The van der Waals surface area contributed by atoms with E-state index in [1.165, 1.54) is 27.3 Å². The molecule has 0 aliphatic carbocycles. The molecule has 0 N–H and O–H groups in total. The molecule has 0 atom stereocenters. The molecule has 3 aromatic carbocycles. The second kappa shape index (κ2) is 5.78. The van der Waals surface area contributed by atoms with Crippen molar-refractivity contribution in [1.29, 1.82) is 0 Å². The largest absolute Gasteiger partial charge is 0.340 e. The number of aryl methyl sites for hydroxylation is 2. The molecule has 0 bridgehead atoms.